The van der Waals surface area contributed by atoms with E-state index in [1.807, 2.05) is 0 Å². The first-order valence-corrected chi connectivity index (χ1v) is 6.26. The summed E-state index contributed by atoms with van der Waals surface area (Å²) in [5.41, 5.74) is 1.16. The molecule has 0 fully saturated rings. The van der Waals surface area contributed by atoms with Crippen LogP contribution < -0.4 is 4.80 Å². The molecule has 0 spiro atoms. The van der Waals surface area contributed by atoms with Crippen molar-refractivity contribution < 1.29 is 0 Å². The van der Waals surface area contributed by atoms with Gasteiger partial charge in [-0.15, -0.1) is 35.3 Å². The highest BCUT2D eigenvalue weighted by atomic mass is 35.5. The lowest BCUT2D eigenvalue weighted by molar-refractivity contribution is 0.558. The highest BCUT2D eigenvalue weighted by Gasteiger charge is 2.07. The van der Waals surface area contributed by atoms with Crippen LogP contribution in [0.4, 0.5) is 0 Å². The van der Waals surface area contributed by atoms with Crippen molar-refractivity contribution in [1.82, 2.24) is 4.57 Å². The maximum absolute atomic E-state index is 5.87. The van der Waals surface area contributed by atoms with Gasteiger partial charge in [0.1, 0.15) is 0 Å². The fraction of sp³-hybridized carbons (Fsp3) is 0.700. The Kier molecular flexibility index (Phi) is 6.57. The highest BCUT2D eigenvalue weighted by molar-refractivity contribution is 7.07. The van der Waals surface area contributed by atoms with Crippen molar-refractivity contribution in [2.75, 3.05) is 0 Å². The van der Waals surface area contributed by atoms with E-state index in [9.17, 15) is 0 Å². The van der Waals surface area contributed by atoms with Crippen LogP contribution in [0, 0.1) is 0 Å². The first kappa shape index (κ1) is 15.0. The molecule has 5 heteroatoms. The summed E-state index contributed by atoms with van der Waals surface area (Å²) in [6, 6.07) is 0.759. The molecular formula is C10H18Cl2N2S. The molecule has 0 saturated heterocycles. The molecule has 88 valence electrons. The van der Waals surface area contributed by atoms with Crippen LogP contribution in [0.15, 0.2) is 10.4 Å². The second-order valence-corrected chi connectivity index (χ2v) is 4.93. The Labute approximate surface area is 106 Å². The molecule has 1 aromatic rings. The molecule has 2 nitrogen and oxygen atoms in total. The van der Waals surface area contributed by atoms with Gasteiger partial charge in [0.25, 0.3) is 0 Å². The summed E-state index contributed by atoms with van der Waals surface area (Å²) >= 11 is 7.54. The third-order valence-corrected chi connectivity index (χ3v) is 3.01. The summed E-state index contributed by atoms with van der Waals surface area (Å²) in [4.78, 5) is 5.65. The van der Waals surface area contributed by atoms with Gasteiger partial charge < -0.3 is 4.57 Å². The maximum Gasteiger partial charge on any atom is 0.185 e. The molecule has 0 aliphatic carbocycles. The van der Waals surface area contributed by atoms with Gasteiger partial charge in [0.2, 0.25) is 0 Å². The lowest BCUT2D eigenvalue weighted by atomic mass is 10.3. The van der Waals surface area contributed by atoms with Crippen molar-refractivity contribution in [3.8, 4) is 0 Å². The standard InChI is InChI=1S/C10H17ClN2S.ClH/c1-7(2)12-10-13(8(3)4)9(5-11)6-14-10;/h6-8H,5H2,1-4H3;1H. The molecule has 0 amide bonds. The van der Waals surface area contributed by atoms with Crippen molar-refractivity contribution >= 4 is 35.3 Å². The third-order valence-electron chi connectivity index (χ3n) is 1.84. The fourth-order valence-corrected chi connectivity index (χ4v) is 2.77. The Hall–Kier alpha value is 0.01000. The Balaban J connectivity index is 0.00000196. The Morgan fingerprint density at radius 1 is 1.40 bits per heavy atom. The van der Waals surface area contributed by atoms with Gasteiger partial charge in [-0.2, -0.15) is 0 Å². The summed E-state index contributed by atoms with van der Waals surface area (Å²) in [6.45, 7) is 8.49. The number of hydrogen-bond acceptors (Lipinski definition) is 2. The molecule has 0 saturated carbocycles. The van der Waals surface area contributed by atoms with Crippen LogP contribution in [-0.2, 0) is 5.88 Å². The number of hydrogen-bond donors (Lipinski definition) is 0. The molecule has 0 aliphatic heterocycles. The zero-order chi connectivity index (χ0) is 10.7. The molecule has 0 atom stereocenters. The van der Waals surface area contributed by atoms with Gasteiger partial charge in [0.05, 0.1) is 5.88 Å². The highest BCUT2D eigenvalue weighted by Crippen LogP contribution is 2.12. The normalized spacial score (nSPS) is 12.3. The largest absolute Gasteiger partial charge is 0.317 e. The SMILES string of the molecule is CC(C)N=c1scc(CCl)n1C(C)C.Cl. The van der Waals surface area contributed by atoms with Gasteiger partial charge in [-0.1, -0.05) is 0 Å². The number of aromatic nitrogens is 1. The minimum atomic E-state index is 0. The molecule has 0 unspecified atom stereocenters. The third kappa shape index (κ3) is 3.82. The Bertz CT molecular complexity index is 353. The predicted molar refractivity (Wildman–Crippen MR) is 70.2 cm³/mol. The second kappa shape index (κ2) is 6.56. The van der Waals surface area contributed by atoms with Crippen LogP contribution in [0.2, 0.25) is 0 Å². The van der Waals surface area contributed by atoms with Crippen molar-refractivity contribution in [1.29, 1.82) is 0 Å². The van der Waals surface area contributed by atoms with Gasteiger partial charge in [0.15, 0.2) is 4.80 Å². The molecule has 0 bridgehead atoms. The zero-order valence-corrected chi connectivity index (χ0v) is 11.9. The molecule has 1 rings (SSSR count). The summed E-state index contributed by atoms with van der Waals surface area (Å²) in [6.07, 6.45) is 0. The van der Waals surface area contributed by atoms with Crippen LogP contribution in [0.25, 0.3) is 0 Å². The topological polar surface area (TPSA) is 17.3 Å². The van der Waals surface area contributed by atoms with Crippen LogP contribution in [0.1, 0.15) is 39.4 Å². The number of halogens is 2. The summed E-state index contributed by atoms with van der Waals surface area (Å²) in [7, 11) is 0. The lowest BCUT2D eigenvalue weighted by Gasteiger charge is -2.11. The van der Waals surface area contributed by atoms with E-state index in [4.69, 9.17) is 11.6 Å². The number of alkyl halides is 1. The van der Waals surface area contributed by atoms with E-state index < -0.39 is 0 Å². The van der Waals surface area contributed by atoms with E-state index in [-0.39, 0.29) is 12.4 Å². The van der Waals surface area contributed by atoms with Crippen LogP contribution in [0.3, 0.4) is 0 Å². The molecule has 0 N–H and O–H groups in total. The molecule has 1 heterocycles. The molecule has 15 heavy (non-hydrogen) atoms. The minimum Gasteiger partial charge on any atom is -0.317 e. The van der Waals surface area contributed by atoms with Crippen molar-refractivity contribution in [2.45, 2.75) is 45.7 Å². The van der Waals surface area contributed by atoms with Crippen LogP contribution in [-0.4, -0.2) is 10.6 Å². The monoisotopic (exact) mass is 268 g/mol. The number of thiazole rings is 1. The van der Waals surface area contributed by atoms with Gasteiger partial charge in [0, 0.05) is 23.2 Å². The van der Waals surface area contributed by atoms with Gasteiger partial charge >= 0.3 is 0 Å². The zero-order valence-electron chi connectivity index (χ0n) is 9.53. The van der Waals surface area contributed by atoms with E-state index in [0.29, 0.717) is 18.0 Å². The summed E-state index contributed by atoms with van der Waals surface area (Å²) in [5, 5.41) is 2.09. The average molecular weight is 269 g/mol. The van der Waals surface area contributed by atoms with Crippen molar-refractivity contribution in [2.24, 2.45) is 4.99 Å². The maximum atomic E-state index is 5.87. The summed E-state index contributed by atoms with van der Waals surface area (Å²) < 4.78 is 2.21. The molecular weight excluding hydrogens is 251 g/mol. The lowest BCUT2D eigenvalue weighted by Crippen LogP contribution is -2.20. The van der Waals surface area contributed by atoms with E-state index in [2.05, 4.69) is 42.6 Å². The van der Waals surface area contributed by atoms with E-state index in [1.165, 1.54) is 0 Å². The first-order chi connectivity index (χ1) is 6.56. The molecule has 1 aromatic heterocycles. The van der Waals surface area contributed by atoms with Crippen molar-refractivity contribution in [3.05, 3.63) is 15.9 Å². The fourth-order valence-electron chi connectivity index (χ4n) is 1.32. The Morgan fingerprint density at radius 2 is 2.00 bits per heavy atom. The minimum absolute atomic E-state index is 0. The van der Waals surface area contributed by atoms with Gasteiger partial charge in [-0.25, -0.2) is 0 Å². The second-order valence-electron chi connectivity index (χ2n) is 3.83. The quantitative estimate of drug-likeness (QED) is 0.746. The van der Waals surface area contributed by atoms with Crippen molar-refractivity contribution in [3.63, 3.8) is 0 Å². The van der Waals surface area contributed by atoms with Crippen LogP contribution >= 0.6 is 35.3 Å². The number of nitrogens with zero attached hydrogens (tertiary/aromatic N) is 2. The van der Waals surface area contributed by atoms with E-state index >= 15 is 0 Å². The van der Waals surface area contributed by atoms with Crippen LogP contribution in [0.5, 0.6) is 0 Å². The smallest absolute Gasteiger partial charge is 0.185 e. The summed E-state index contributed by atoms with van der Waals surface area (Å²) in [5.74, 6) is 0.558. The van der Waals surface area contributed by atoms with E-state index in [1.54, 1.807) is 11.3 Å². The van der Waals surface area contributed by atoms with Gasteiger partial charge in [-0.3, -0.25) is 4.99 Å². The first-order valence-electron chi connectivity index (χ1n) is 4.85. The molecule has 0 aromatic carbocycles. The van der Waals surface area contributed by atoms with Gasteiger partial charge in [-0.05, 0) is 27.7 Å². The average Bonchev–Trinajstić information content (AvgIpc) is 2.46. The van der Waals surface area contributed by atoms with E-state index in [0.717, 1.165) is 10.5 Å². The number of rotatable bonds is 3. The predicted octanol–water partition coefficient (Wildman–Crippen LogP) is 3.60. The molecule has 0 aliphatic rings. The molecule has 0 radical (unpaired) electrons. The Morgan fingerprint density at radius 3 is 2.40 bits per heavy atom.